The molecule has 0 spiro atoms. The van der Waals surface area contributed by atoms with Gasteiger partial charge < -0.3 is 14.7 Å². The first-order chi connectivity index (χ1) is 12.0. The SMILES string of the molecule is C=CCOCc1nc(OCc2ccccc2)c(CC(C)C)n(O)c1=N. The first-order valence-corrected chi connectivity index (χ1v) is 8.27. The van der Waals surface area contributed by atoms with Gasteiger partial charge in [0.1, 0.15) is 18.0 Å². The van der Waals surface area contributed by atoms with Gasteiger partial charge in [0.05, 0.1) is 13.2 Å². The van der Waals surface area contributed by atoms with Crippen molar-refractivity contribution in [2.75, 3.05) is 6.61 Å². The lowest BCUT2D eigenvalue weighted by molar-refractivity contribution is 0.123. The molecule has 0 unspecified atom stereocenters. The highest BCUT2D eigenvalue weighted by Crippen LogP contribution is 2.19. The Morgan fingerprint density at radius 2 is 2.00 bits per heavy atom. The first kappa shape index (κ1) is 18.7. The number of hydrogen-bond acceptors (Lipinski definition) is 5. The highest BCUT2D eigenvalue weighted by atomic mass is 16.5. The second kappa shape index (κ2) is 9.03. The number of hydrogen-bond donors (Lipinski definition) is 2. The van der Waals surface area contributed by atoms with Crippen LogP contribution in [0.2, 0.25) is 0 Å². The Morgan fingerprint density at radius 3 is 2.64 bits per heavy atom. The maximum atomic E-state index is 10.4. The van der Waals surface area contributed by atoms with Crippen LogP contribution in [0, 0.1) is 11.3 Å². The van der Waals surface area contributed by atoms with Crippen LogP contribution >= 0.6 is 0 Å². The zero-order chi connectivity index (χ0) is 18.2. The number of ether oxygens (including phenoxy) is 2. The monoisotopic (exact) mass is 343 g/mol. The molecule has 0 bridgehead atoms. The van der Waals surface area contributed by atoms with Crippen molar-refractivity contribution in [3.63, 3.8) is 0 Å². The number of rotatable bonds is 9. The fourth-order valence-corrected chi connectivity index (χ4v) is 2.33. The third-order valence-corrected chi connectivity index (χ3v) is 3.52. The highest BCUT2D eigenvalue weighted by molar-refractivity contribution is 5.22. The van der Waals surface area contributed by atoms with Crippen LogP contribution in [0.1, 0.15) is 30.8 Å². The fourth-order valence-electron chi connectivity index (χ4n) is 2.33. The van der Waals surface area contributed by atoms with E-state index in [2.05, 4.69) is 11.6 Å². The Bertz CT molecular complexity index is 754. The van der Waals surface area contributed by atoms with Gasteiger partial charge in [0.15, 0.2) is 5.49 Å². The number of aromatic nitrogens is 2. The fraction of sp³-hybridized carbons (Fsp3) is 0.368. The molecule has 2 N–H and O–H groups in total. The molecule has 6 nitrogen and oxygen atoms in total. The molecule has 0 aliphatic carbocycles. The molecule has 25 heavy (non-hydrogen) atoms. The molecule has 0 aliphatic heterocycles. The molecule has 6 heteroatoms. The lowest BCUT2D eigenvalue weighted by Gasteiger charge is -2.17. The predicted molar refractivity (Wildman–Crippen MR) is 94.4 cm³/mol. The molecule has 0 radical (unpaired) electrons. The van der Waals surface area contributed by atoms with E-state index in [1.807, 2.05) is 44.2 Å². The third kappa shape index (κ3) is 5.19. The molecule has 134 valence electrons. The molecule has 1 heterocycles. The second-order valence-corrected chi connectivity index (χ2v) is 6.15. The van der Waals surface area contributed by atoms with Crippen molar-refractivity contribution in [2.24, 2.45) is 5.92 Å². The lowest BCUT2D eigenvalue weighted by atomic mass is 10.1. The molecular formula is C19H25N3O3. The average Bonchev–Trinajstić information content (AvgIpc) is 2.60. The first-order valence-electron chi connectivity index (χ1n) is 8.27. The van der Waals surface area contributed by atoms with E-state index in [9.17, 15) is 5.21 Å². The summed E-state index contributed by atoms with van der Waals surface area (Å²) in [6.07, 6.45) is 2.17. The molecule has 0 amide bonds. The molecule has 2 aromatic rings. The van der Waals surface area contributed by atoms with Gasteiger partial charge in [-0.05, 0) is 17.9 Å². The van der Waals surface area contributed by atoms with Crippen LogP contribution < -0.4 is 10.2 Å². The van der Waals surface area contributed by atoms with Gasteiger partial charge in [0.25, 0.3) is 0 Å². The van der Waals surface area contributed by atoms with Crippen LogP contribution in [0.5, 0.6) is 5.88 Å². The van der Waals surface area contributed by atoms with Crippen LogP contribution in [-0.4, -0.2) is 21.5 Å². The van der Waals surface area contributed by atoms with Crippen LogP contribution in [-0.2, 0) is 24.4 Å². The van der Waals surface area contributed by atoms with Gasteiger partial charge in [-0.3, -0.25) is 5.41 Å². The van der Waals surface area contributed by atoms with Crippen molar-refractivity contribution < 1.29 is 14.7 Å². The molecule has 0 fully saturated rings. The number of benzene rings is 1. The summed E-state index contributed by atoms with van der Waals surface area (Å²) in [6.45, 7) is 8.44. The van der Waals surface area contributed by atoms with E-state index < -0.39 is 0 Å². The van der Waals surface area contributed by atoms with E-state index in [4.69, 9.17) is 14.9 Å². The molecular weight excluding hydrogens is 318 g/mol. The van der Waals surface area contributed by atoms with Gasteiger partial charge in [-0.2, -0.15) is 4.73 Å². The van der Waals surface area contributed by atoms with Crippen LogP contribution in [0.25, 0.3) is 0 Å². The molecule has 0 saturated heterocycles. The average molecular weight is 343 g/mol. The van der Waals surface area contributed by atoms with Gasteiger partial charge in [-0.25, -0.2) is 4.98 Å². The summed E-state index contributed by atoms with van der Waals surface area (Å²) in [5, 5.41) is 18.5. The van der Waals surface area contributed by atoms with Gasteiger partial charge >= 0.3 is 0 Å². The Labute approximate surface area is 147 Å². The van der Waals surface area contributed by atoms with Crippen molar-refractivity contribution in [1.29, 1.82) is 5.41 Å². The summed E-state index contributed by atoms with van der Waals surface area (Å²) in [5.41, 5.74) is 1.72. The Morgan fingerprint density at radius 1 is 1.28 bits per heavy atom. The summed E-state index contributed by atoms with van der Waals surface area (Å²) < 4.78 is 12.1. The number of nitrogens with one attached hydrogen (secondary N) is 1. The summed E-state index contributed by atoms with van der Waals surface area (Å²) >= 11 is 0. The van der Waals surface area contributed by atoms with Crippen molar-refractivity contribution in [3.05, 3.63) is 65.4 Å². The standard InChI is InChI=1S/C19H25N3O3/c1-4-10-24-13-16-18(20)22(23)17(11-14(2)3)19(21-16)25-12-15-8-6-5-7-9-15/h4-9,14,20,23H,1,10-13H2,2-3H3. The summed E-state index contributed by atoms with van der Waals surface area (Å²) in [5.74, 6) is 0.606. The minimum Gasteiger partial charge on any atom is -0.471 e. The zero-order valence-electron chi connectivity index (χ0n) is 14.7. The smallest absolute Gasteiger partial charge is 0.237 e. The van der Waals surface area contributed by atoms with Gasteiger partial charge in [0, 0.05) is 0 Å². The second-order valence-electron chi connectivity index (χ2n) is 6.15. The van der Waals surface area contributed by atoms with Gasteiger partial charge in [0.2, 0.25) is 5.88 Å². The molecule has 1 aromatic carbocycles. The summed E-state index contributed by atoms with van der Waals surface area (Å²) in [7, 11) is 0. The van der Waals surface area contributed by atoms with Gasteiger partial charge in [-0.15, -0.1) is 6.58 Å². The normalized spacial score (nSPS) is 10.8. The minimum atomic E-state index is -0.0910. The van der Waals surface area contributed by atoms with Crippen molar-refractivity contribution in [1.82, 2.24) is 9.71 Å². The Hall–Kier alpha value is -2.60. The third-order valence-electron chi connectivity index (χ3n) is 3.52. The van der Waals surface area contributed by atoms with E-state index in [0.29, 0.717) is 36.9 Å². The molecule has 2 rings (SSSR count). The highest BCUT2D eigenvalue weighted by Gasteiger charge is 2.17. The largest absolute Gasteiger partial charge is 0.471 e. The van der Waals surface area contributed by atoms with Crippen molar-refractivity contribution in [3.8, 4) is 5.88 Å². The summed E-state index contributed by atoms with van der Waals surface area (Å²) in [4.78, 5) is 4.42. The lowest BCUT2D eigenvalue weighted by Crippen LogP contribution is -2.29. The van der Waals surface area contributed by atoms with E-state index >= 15 is 0 Å². The van der Waals surface area contributed by atoms with Crippen LogP contribution in [0.4, 0.5) is 0 Å². The Balaban J connectivity index is 2.31. The molecule has 0 saturated carbocycles. The quantitative estimate of drug-likeness (QED) is 0.416. The van der Waals surface area contributed by atoms with Crippen LogP contribution in [0.15, 0.2) is 43.0 Å². The summed E-state index contributed by atoms with van der Waals surface area (Å²) in [6, 6.07) is 9.74. The van der Waals surface area contributed by atoms with E-state index in [-0.39, 0.29) is 18.0 Å². The molecule has 0 aliphatic rings. The van der Waals surface area contributed by atoms with E-state index in [0.717, 1.165) is 10.3 Å². The zero-order valence-corrected chi connectivity index (χ0v) is 14.7. The van der Waals surface area contributed by atoms with Gasteiger partial charge in [-0.1, -0.05) is 50.3 Å². The molecule has 0 atom stereocenters. The minimum absolute atomic E-state index is 0.0910. The topological polar surface area (TPSA) is 80.4 Å². The maximum absolute atomic E-state index is 10.4. The Kier molecular flexibility index (Phi) is 6.77. The molecule has 1 aromatic heterocycles. The predicted octanol–water partition coefficient (Wildman–Crippen LogP) is 3.08. The van der Waals surface area contributed by atoms with Crippen molar-refractivity contribution >= 4 is 0 Å². The van der Waals surface area contributed by atoms with Crippen LogP contribution in [0.3, 0.4) is 0 Å². The van der Waals surface area contributed by atoms with E-state index in [1.54, 1.807) is 6.08 Å². The maximum Gasteiger partial charge on any atom is 0.237 e. The van der Waals surface area contributed by atoms with Crippen molar-refractivity contribution in [2.45, 2.75) is 33.5 Å². The number of nitrogens with zero attached hydrogens (tertiary/aromatic N) is 2. The van der Waals surface area contributed by atoms with E-state index in [1.165, 1.54) is 0 Å².